The Labute approximate surface area is 106 Å². The van der Waals surface area contributed by atoms with Crippen molar-refractivity contribution < 1.29 is 4.21 Å². The first-order valence-corrected chi connectivity index (χ1v) is 7.56. The van der Waals surface area contributed by atoms with Crippen LogP contribution in [-0.4, -0.2) is 40.8 Å². The van der Waals surface area contributed by atoms with Gasteiger partial charge in [0.05, 0.1) is 0 Å². The van der Waals surface area contributed by atoms with E-state index in [1.807, 2.05) is 7.05 Å². The molecule has 2 rings (SSSR count). The van der Waals surface area contributed by atoms with Gasteiger partial charge in [-0.2, -0.15) is 0 Å². The first-order chi connectivity index (χ1) is 8.28. The molecule has 1 aliphatic rings. The molecule has 0 spiro atoms. The number of benzene rings is 1. The number of hydrogen-bond acceptors (Lipinski definition) is 3. The van der Waals surface area contributed by atoms with Gasteiger partial charge in [0.25, 0.3) is 0 Å². The molecule has 4 heteroatoms. The van der Waals surface area contributed by atoms with E-state index in [9.17, 15) is 4.21 Å². The zero-order chi connectivity index (χ0) is 12.1. The number of nitrogens with one attached hydrogen (secondary N) is 1. The van der Waals surface area contributed by atoms with Crippen molar-refractivity contribution >= 4 is 10.8 Å². The molecular formula is C13H20N2OS. The van der Waals surface area contributed by atoms with Crippen LogP contribution in [0.15, 0.2) is 24.3 Å². The lowest BCUT2D eigenvalue weighted by Crippen LogP contribution is -2.37. The van der Waals surface area contributed by atoms with Crippen molar-refractivity contribution in [3.63, 3.8) is 0 Å². The Kier molecular flexibility index (Phi) is 4.71. The minimum atomic E-state index is -0.575. The quantitative estimate of drug-likeness (QED) is 0.866. The maximum absolute atomic E-state index is 11.3. The third kappa shape index (κ3) is 3.91. The Hall–Kier alpha value is -0.710. The molecule has 17 heavy (non-hydrogen) atoms. The standard InChI is InChI=1S/C13H20N2OS/c1-14-10-12-2-4-13(5-3-12)11-15-6-8-17(16)9-7-15/h2-5,14H,6-11H2,1H3. The molecule has 1 saturated heterocycles. The fourth-order valence-electron chi connectivity index (χ4n) is 2.06. The van der Waals surface area contributed by atoms with Crippen molar-refractivity contribution in [1.82, 2.24) is 10.2 Å². The minimum Gasteiger partial charge on any atom is -0.316 e. The van der Waals surface area contributed by atoms with E-state index >= 15 is 0 Å². The molecule has 1 fully saturated rings. The summed E-state index contributed by atoms with van der Waals surface area (Å²) in [6, 6.07) is 8.73. The van der Waals surface area contributed by atoms with Crippen LogP contribution in [0.4, 0.5) is 0 Å². The average Bonchev–Trinajstić information content (AvgIpc) is 2.35. The van der Waals surface area contributed by atoms with Crippen LogP contribution in [0.2, 0.25) is 0 Å². The van der Waals surface area contributed by atoms with E-state index in [0.29, 0.717) is 0 Å². The molecule has 1 N–H and O–H groups in total. The molecule has 1 heterocycles. The third-order valence-electron chi connectivity index (χ3n) is 3.08. The molecule has 94 valence electrons. The van der Waals surface area contributed by atoms with E-state index in [1.165, 1.54) is 11.1 Å². The molecule has 3 nitrogen and oxygen atoms in total. The first-order valence-electron chi connectivity index (χ1n) is 6.07. The van der Waals surface area contributed by atoms with E-state index < -0.39 is 10.8 Å². The van der Waals surface area contributed by atoms with Crippen molar-refractivity contribution in [3.05, 3.63) is 35.4 Å². The molecule has 1 aliphatic heterocycles. The van der Waals surface area contributed by atoms with Crippen molar-refractivity contribution in [2.45, 2.75) is 13.1 Å². The second kappa shape index (κ2) is 6.28. The molecule has 0 saturated carbocycles. The van der Waals surface area contributed by atoms with Gasteiger partial charge in [0.2, 0.25) is 0 Å². The normalized spacial score (nSPS) is 18.4. The predicted octanol–water partition coefficient (Wildman–Crippen LogP) is 0.970. The monoisotopic (exact) mass is 252 g/mol. The van der Waals surface area contributed by atoms with E-state index in [4.69, 9.17) is 0 Å². The largest absolute Gasteiger partial charge is 0.316 e. The summed E-state index contributed by atoms with van der Waals surface area (Å²) in [5, 5.41) is 3.15. The molecule has 0 radical (unpaired) electrons. The number of hydrogen-bond donors (Lipinski definition) is 1. The Morgan fingerprint density at radius 2 is 1.76 bits per heavy atom. The van der Waals surface area contributed by atoms with Gasteiger partial charge < -0.3 is 5.32 Å². The van der Waals surface area contributed by atoms with Crippen LogP contribution in [-0.2, 0) is 23.9 Å². The van der Waals surface area contributed by atoms with Crippen molar-refractivity contribution in [1.29, 1.82) is 0 Å². The van der Waals surface area contributed by atoms with E-state index in [0.717, 1.165) is 37.7 Å². The van der Waals surface area contributed by atoms with Gasteiger partial charge >= 0.3 is 0 Å². The Morgan fingerprint density at radius 3 is 2.35 bits per heavy atom. The summed E-state index contributed by atoms with van der Waals surface area (Å²) in [4.78, 5) is 2.38. The van der Waals surface area contributed by atoms with Crippen LogP contribution in [0, 0.1) is 0 Å². The maximum Gasteiger partial charge on any atom is 0.0363 e. The highest BCUT2D eigenvalue weighted by molar-refractivity contribution is 7.85. The van der Waals surface area contributed by atoms with Crippen LogP contribution >= 0.6 is 0 Å². The summed E-state index contributed by atoms with van der Waals surface area (Å²) in [6.07, 6.45) is 0. The number of rotatable bonds is 4. The Bertz CT molecular complexity index is 368. The minimum absolute atomic E-state index is 0.575. The molecule has 0 unspecified atom stereocenters. The zero-order valence-electron chi connectivity index (χ0n) is 10.3. The lowest BCUT2D eigenvalue weighted by molar-refractivity contribution is 0.291. The SMILES string of the molecule is CNCc1ccc(CN2CCS(=O)CC2)cc1. The summed E-state index contributed by atoms with van der Waals surface area (Å²) in [7, 11) is 1.38. The number of nitrogens with zero attached hydrogens (tertiary/aromatic N) is 1. The van der Waals surface area contributed by atoms with Crippen LogP contribution in [0.3, 0.4) is 0 Å². The van der Waals surface area contributed by atoms with E-state index in [-0.39, 0.29) is 0 Å². The second-order valence-electron chi connectivity index (χ2n) is 4.47. The van der Waals surface area contributed by atoms with Gasteiger partial charge in [-0.25, -0.2) is 0 Å². The summed E-state index contributed by atoms with van der Waals surface area (Å²) in [6.45, 7) is 3.83. The van der Waals surface area contributed by atoms with Crippen molar-refractivity contribution in [2.24, 2.45) is 0 Å². The summed E-state index contributed by atoms with van der Waals surface area (Å²) in [5.41, 5.74) is 2.66. The molecule has 0 amide bonds. The van der Waals surface area contributed by atoms with Crippen LogP contribution in [0.5, 0.6) is 0 Å². The average molecular weight is 252 g/mol. The fraction of sp³-hybridized carbons (Fsp3) is 0.538. The summed E-state index contributed by atoms with van der Waals surface area (Å²) in [5.74, 6) is 1.66. The van der Waals surface area contributed by atoms with Crippen LogP contribution < -0.4 is 5.32 Å². The van der Waals surface area contributed by atoms with E-state index in [2.05, 4.69) is 34.5 Å². The summed E-state index contributed by atoms with van der Waals surface area (Å²) < 4.78 is 11.3. The second-order valence-corrected chi connectivity index (χ2v) is 6.17. The predicted molar refractivity (Wildman–Crippen MR) is 72.4 cm³/mol. The van der Waals surface area contributed by atoms with Crippen LogP contribution in [0.1, 0.15) is 11.1 Å². The van der Waals surface area contributed by atoms with Gasteiger partial charge in [0.15, 0.2) is 0 Å². The van der Waals surface area contributed by atoms with Gasteiger partial charge in [-0.3, -0.25) is 9.11 Å². The maximum atomic E-state index is 11.3. The first kappa shape index (κ1) is 12.7. The molecular weight excluding hydrogens is 232 g/mol. The van der Waals surface area contributed by atoms with E-state index in [1.54, 1.807) is 0 Å². The lowest BCUT2D eigenvalue weighted by Gasteiger charge is -2.26. The van der Waals surface area contributed by atoms with Crippen molar-refractivity contribution in [3.8, 4) is 0 Å². The van der Waals surface area contributed by atoms with Gasteiger partial charge in [-0.05, 0) is 18.2 Å². The molecule has 0 aliphatic carbocycles. The molecule has 0 atom stereocenters. The van der Waals surface area contributed by atoms with Gasteiger partial charge in [0.1, 0.15) is 0 Å². The molecule has 1 aromatic carbocycles. The molecule has 1 aromatic rings. The zero-order valence-corrected chi connectivity index (χ0v) is 11.1. The highest BCUT2D eigenvalue weighted by atomic mass is 32.2. The topological polar surface area (TPSA) is 32.3 Å². The molecule has 0 bridgehead atoms. The Balaban J connectivity index is 1.88. The Morgan fingerprint density at radius 1 is 1.18 bits per heavy atom. The van der Waals surface area contributed by atoms with Crippen molar-refractivity contribution in [2.75, 3.05) is 31.6 Å². The third-order valence-corrected chi connectivity index (χ3v) is 4.36. The van der Waals surface area contributed by atoms with Gasteiger partial charge in [0, 0.05) is 48.5 Å². The smallest absolute Gasteiger partial charge is 0.0363 e. The van der Waals surface area contributed by atoms with Crippen LogP contribution in [0.25, 0.3) is 0 Å². The fourth-order valence-corrected chi connectivity index (χ4v) is 3.19. The van der Waals surface area contributed by atoms with Gasteiger partial charge in [-0.15, -0.1) is 0 Å². The molecule has 0 aromatic heterocycles. The highest BCUT2D eigenvalue weighted by Gasteiger charge is 2.14. The highest BCUT2D eigenvalue weighted by Crippen LogP contribution is 2.09. The van der Waals surface area contributed by atoms with Gasteiger partial charge in [-0.1, -0.05) is 24.3 Å². The lowest BCUT2D eigenvalue weighted by atomic mass is 10.1. The summed E-state index contributed by atoms with van der Waals surface area (Å²) >= 11 is 0.